The maximum atomic E-state index is 11.7. The summed E-state index contributed by atoms with van der Waals surface area (Å²) in [6, 6.07) is 0. The van der Waals surface area contributed by atoms with Gasteiger partial charge >= 0.3 is 0 Å². The maximum Gasteiger partial charge on any atom is 0.220 e. The molecule has 1 spiro atoms. The zero-order chi connectivity index (χ0) is 16.6. The first kappa shape index (κ1) is 16.2. The molecule has 2 saturated heterocycles. The van der Waals surface area contributed by atoms with Crippen LogP contribution in [-0.2, 0) is 4.79 Å². The molecule has 5 nitrogen and oxygen atoms in total. The van der Waals surface area contributed by atoms with Gasteiger partial charge in [0.25, 0.3) is 0 Å². The molecule has 2 saturated carbocycles. The van der Waals surface area contributed by atoms with Crippen LogP contribution in [0.5, 0.6) is 0 Å². The van der Waals surface area contributed by atoms with Crippen molar-refractivity contribution in [2.45, 2.75) is 51.4 Å². The molecule has 2 bridgehead atoms. The minimum atomic E-state index is 0.136. The third-order valence-electron chi connectivity index (χ3n) is 7.05. The topological polar surface area (TPSA) is 56.7 Å². The minimum Gasteiger partial charge on any atom is -0.356 e. The van der Waals surface area contributed by atoms with Gasteiger partial charge in [-0.2, -0.15) is 0 Å². The van der Waals surface area contributed by atoms with Crippen LogP contribution in [0.25, 0.3) is 0 Å². The number of nitrogens with one attached hydrogen (secondary N) is 2. The average Bonchev–Trinajstić information content (AvgIpc) is 3.28. The number of likely N-dealkylation sites (tertiary alicyclic amines) is 1. The van der Waals surface area contributed by atoms with Crippen LogP contribution in [-0.4, -0.2) is 50.0 Å². The molecule has 4 rings (SSSR count). The summed E-state index contributed by atoms with van der Waals surface area (Å²) >= 11 is 0. The second-order valence-electron chi connectivity index (χ2n) is 8.68. The molecule has 24 heavy (non-hydrogen) atoms. The highest BCUT2D eigenvalue weighted by atomic mass is 16.1. The molecule has 0 aromatic heterocycles. The van der Waals surface area contributed by atoms with E-state index in [1.165, 1.54) is 32.1 Å². The van der Waals surface area contributed by atoms with Crippen molar-refractivity contribution in [1.82, 2.24) is 15.5 Å². The van der Waals surface area contributed by atoms with Gasteiger partial charge in [0.15, 0.2) is 5.96 Å². The lowest BCUT2D eigenvalue weighted by Gasteiger charge is -2.40. The molecule has 4 unspecified atom stereocenters. The largest absolute Gasteiger partial charge is 0.356 e. The number of aliphatic imine (C=N–C) groups is 1. The number of piperidine rings is 1. The van der Waals surface area contributed by atoms with Gasteiger partial charge in [0.1, 0.15) is 0 Å². The number of hydrogen-bond acceptors (Lipinski definition) is 2. The molecule has 4 fully saturated rings. The predicted octanol–water partition coefficient (Wildman–Crippen LogP) is 1.99. The molecule has 4 aliphatic rings. The van der Waals surface area contributed by atoms with Gasteiger partial charge in [-0.3, -0.25) is 9.79 Å². The van der Waals surface area contributed by atoms with Crippen LogP contribution < -0.4 is 10.6 Å². The van der Waals surface area contributed by atoms with Crippen LogP contribution >= 0.6 is 0 Å². The molecule has 1 amide bonds. The van der Waals surface area contributed by atoms with Crippen LogP contribution in [0.15, 0.2) is 4.99 Å². The number of hydrogen-bond donors (Lipinski definition) is 2. The fourth-order valence-electron chi connectivity index (χ4n) is 5.86. The van der Waals surface area contributed by atoms with E-state index in [1.54, 1.807) is 0 Å². The maximum absolute atomic E-state index is 11.7. The molecule has 0 radical (unpaired) electrons. The first-order valence-corrected chi connectivity index (χ1v) is 9.90. The van der Waals surface area contributed by atoms with Gasteiger partial charge in [-0.15, -0.1) is 0 Å². The van der Waals surface area contributed by atoms with Crippen molar-refractivity contribution in [3.63, 3.8) is 0 Å². The number of guanidine groups is 1. The lowest BCUT2D eigenvalue weighted by atomic mass is 9.79. The Kier molecular flexibility index (Phi) is 4.44. The van der Waals surface area contributed by atoms with Gasteiger partial charge in [0.2, 0.25) is 5.91 Å². The highest BCUT2D eigenvalue weighted by Crippen LogP contribution is 2.49. The summed E-state index contributed by atoms with van der Waals surface area (Å²) in [6.45, 7) is 3.90. The first-order valence-electron chi connectivity index (χ1n) is 9.90. The van der Waals surface area contributed by atoms with Crippen molar-refractivity contribution in [3.8, 4) is 0 Å². The first-order chi connectivity index (χ1) is 11.7. The fourth-order valence-corrected chi connectivity index (χ4v) is 5.86. The number of carbonyl (C=O) groups is 1. The summed E-state index contributed by atoms with van der Waals surface area (Å²) in [7, 11) is 1.89. The van der Waals surface area contributed by atoms with Gasteiger partial charge in [-0.05, 0) is 56.3 Å². The summed E-state index contributed by atoms with van der Waals surface area (Å²) in [4.78, 5) is 18.6. The Bertz CT molecular complexity index is 519. The highest BCUT2D eigenvalue weighted by molar-refractivity contribution is 5.81. The van der Waals surface area contributed by atoms with Crippen molar-refractivity contribution in [3.05, 3.63) is 0 Å². The lowest BCUT2D eigenvalue weighted by Crippen LogP contribution is -2.51. The van der Waals surface area contributed by atoms with E-state index in [0.29, 0.717) is 6.42 Å². The van der Waals surface area contributed by atoms with Crippen LogP contribution in [0.3, 0.4) is 0 Å². The van der Waals surface area contributed by atoms with E-state index in [-0.39, 0.29) is 11.3 Å². The molecule has 2 N–H and O–H groups in total. The molecule has 134 valence electrons. The van der Waals surface area contributed by atoms with Crippen LogP contribution in [0, 0.1) is 23.2 Å². The summed E-state index contributed by atoms with van der Waals surface area (Å²) in [6.07, 6.45) is 10.2. The Morgan fingerprint density at radius 2 is 2.33 bits per heavy atom. The minimum absolute atomic E-state index is 0.136. The second kappa shape index (κ2) is 6.57. The zero-order valence-corrected chi connectivity index (χ0v) is 15.0. The Balaban J connectivity index is 1.28. The Morgan fingerprint density at radius 3 is 3.00 bits per heavy atom. The molecule has 2 aliphatic heterocycles. The van der Waals surface area contributed by atoms with Crippen molar-refractivity contribution >= 4 is 11.9 Å². The molecule has 0 aromatic carbocycles. The van der Waals surface area contributed by atoms with E-state index in [4.69, 9.17) is 0 Å². The number of nitrogens with zero attached hydrogens (tertiary/aromatic N) is 2. The van der Waals surface area contributed by atoms with E-state index in [2.05, 4.69) is 20.5 Å². The van der Waals surface area contributed by atoms with Crippen molar-refractivity contribution in [2.24, 2.45) is 28.2 Å². The summed E-state index contributed by atoms with van der Waals surface area (Å²) < 4.78 is 0. The zero-order valence-electron chi connectivity index (χ0n) is 15.0. The van der Waals surface area contributed by atoms with Gasteiger partial charge in [0.05, 0.1) is 0 Å². The Morgan fingerprint density at radius 1 is 1.42 bits per heavy atom. The van der Waals surface area contributed by atoms with Crippen LogP contribution in [0.1, 0.15) is 51.4 Å². The van der Waals surface area contributed by atoms with Crippen molar-refractivity contribution in [1.29, 1.82) is 0 Å². The molecule has 2 heterocycles. The van der Waals surface area contributed by atoms with E-state index >= 15 is 0 Å². The fraction of sp³-hybridized carbons (Fsp3) is 0.895. The van der Waals surface area contributed by atoms with Gasteiger partial charge < -0.3 is 15.5 Å². The normalized spacial score (nSPS) is 38.9. The van der Waals surface area contributed by atoms with Crippen LogP contribution in [0.2, 0.25) is 0 Å². The van der Waals surface area contributed by atoms with Crippen LogP contribution in [0.4, 0.5) is 0 Å². The summed E-state index contributed by atoms with van der Waals surface area (Å²) in [5, 5.41) is 6.64. The van der Waals surface area contributed by atoms with Gasteiger partial charge in [-0.1, -0.05) is 6.42 Å². The summed E-state index contributed by atoms with van der Waals surface area (Å²) in [5.74, 6) is 4.24. The van der Waals surface area contributed by atoms with Gasteiger partial charge in [0, 0.05) is 45.1 Å². The third-order valence-corrected chi connectivity index (χ3v) is 7.05. The monoisotopic (exact) mass is 332 g/mol. The lowest BCUT2D eigenvalue weighted by molar-refractivity contribution is -0.119. The quantitative estimate of drug-likeness (QED) is 0.614. The standard InChI is InChI=1S/C19H32N4O/c1-20-18(21-7-5-16-10-14-3-4-15(16)9-14)23-8-2-6-19(13-23)11-17(24)22-12-19/h14-16H,2-13H2,1H3,(H,20,21)(H,22,24). The second-order valence-corrected chi connectivity index (χ2v) is 8.68. The molecular formula is C19H32N4O. The predicted molar refractivity (Wildman–Crippen MR) is 95.8 cm³/mol. The van der Waals surface area contributed by atoms with E-state index in [9.17, 15) is 4.79 Å². The number of carbonyl (C=O) groups excluding carboxylic acids is 1. The van der Waals surface area contributed by atoms with Crippen molar-refractivity contribution in [2.75, 3.05) is 33.2 Å². The molecule has 4 atom stereocenters. The van der Waals surface area contributed by atoms with E-state index < -0.39 is 0 Å². The Hall–Kier alpha value is -1.26. The molecule has 2 aliphatic carbocycles. The third kappa shape index (κ3) is 3.14. The smallest absolute Gasteiger partial charge is 0.220 e. The molecule has 0 aromatic rings. The van der Waals surface area contributed by atoms with E-state index in [1.807, 2.05) is 7.05 Å². The molecular weight excluding hydrogens is 300 g/mol. The number of fused-ring (bicyclic) bond motifs is 2. The molecule has 5 heteroatoms. The average molecular weight is 332 g/mol. The summed E-state index contributed by atoms with van der Waals surface area (Å²) in [5.41, 5.74) is 0.136. The SMILES string of the molecule is CN=C(NCCC1CC2CCC1C2)N1CCCC2(CNC(=O)C2)C1. The number of rotatable bonds is 3. The van der Waals surface area contributed by atoms with Gasteiger partial charge in [-0.25, -0.2) is 0 Å². The van der Waals surface area contributed by atoms with E-state index in [0.717, 1.165) is 62.7 Å². The highest BCUT2D eigenvalue weighted by Gasteiger charge is 2.42. The number of amides is 1. The van der Waals surface area contributed by atoms with Crippen molar-refractivity contribution < 1.29 is 4.79 Å². The Labute approximate surface area is 145 Å².